The molecule has 2 rings (SSSR count). The van der Waals surface area contributed by atoms with Crippen molar-refractivity contribution in [3.8, 4) is 0 Å². The molecule has 0 amide bonds. The highest BCUT2D eigenvalue weighted by molar-refractivity contribution is 5.96. The lowest BCUT2D eigenvalue weighted by atomic mass is 10.1. The van der Waals surface area contributed by atoms with Crippen molar-refractivity contribution >= 4 is 17.3 Å². The third kappa shape index (κ3) is 4.09. The minimum atomic E-state index is -0.520. The summed E-state index contributed by atoms with van der Waals surface area (Å²) in [5.74, 6) is -0.202. The van der Waals surface area contributed by atoms with E-state index in [1.54, 1.807) is 6.92 Å². The van der Waals surface area contributed by atoms with Crippen molar-refractivity contribution in [3.05, 3.63) is 23.5 Å². The fourth-order valence-electron chi connectivity index (χ4n) is 2.39. The number of nitrogen functional groups attached to an aromatic ring is 1. The van der Waals surface area contributed by atoms with Crippen LogP contribution in [0.25, 0.3) is 0 Å². The number of benzene rings is 1. The van der Waals surface area contributed by atoms with Gasteiger partial charge >= 0.3 is 5.97 Å². The number of ether oxygens (including phenoxy) is 1. The summed E-state index contributed by atoms with van der Waals surface area (Å²) in [5, 5.41) is 3.19. The summed E-state index contributed by atoms with van der Waals surface area (Å²) in [6.07, 6.45) is 4.47. The molecule has 0 bridgehead atoms. The highest BCUT2D eigenvalue weighted by Crippen LogP contribution is 2.35. The SMILES string of the molecule is CCOC(=O)c1cc(NC(CC)CC2CC2)c(F)cc1N. The van der Waals surface area contributed by atoms with Crippen molar-refractivity contribution in [2.45, 2.75) is 45.6 Å². The second-order valence-corrected chi connectivity index (χ2v) is 5.57. The normalized spacial score (nSPS) is 15.6. The van der Waals surface area contributed by atoms with Crippen LogP contribution in [0.3, 0.4) is 0 Å². The summed E-state index contributed by atoms with van der Waals surface area (Å²) in [7, 11) is 0. The molecule has 1 aliphatic carbocycles. The Kier molecular flexibility index (Phi) is 5.04. The maximum absolute atomic E-state index is 14.0. The zero-order chi connectivity index (χ0) is 15.4. The maximum Gasteiger partial charge on any atom is 0.340 e. The Bertz CT molecular complexity index is 515. The number of hydrogen-bond acceptors (Lipinski definition) is 4. The Morgan fingerprint density at radius 3 is 2.76 bits per heavy atom. The van der Waals surface area contributed by atoms with Gasteiger partial charge in [-0.15, -0.1) is 0 Å². The molecular formula is C16H23FN2O2. The van der Waals surface area contributed by atoms with Crippen molar-refractivity contribution in [2.24, 2.45) is 5.92 Å². The number of halogens is 1. The van der Waals surface area contributed by atoms with Gasteiger partial charge in [-0.2, -0.15) is 0 Å². The van der Waals surface area contributed by atoms with E-state index in [0.717, 1.165) is 18.8 Å². The fourth-order valence-corrected chi connectivity index (χ4v) is 2.39. The zero-order valence-corrected chi connectivity index (χ0v) is 12.6. The smallest absolute Gasteiger partial charge is 0.340 e. The summed E-state index contributed by atoms with van der Waals surface area (Å²) >= 11 is 0. The van der Waals surface area contributed by atoms with Gasteiger partial charge < -0.3 is 15.8 Å². The number of nitrogens with one attached hydrogen (secondary N) is 1. The van der Waals surface area contributed by atoms with Crippen molar-refractivity contribution in [2.75, 3.05) is 17.7 Å². The van der Waals surface area contributed by atoms with Gasteiger partial charge in [0.1, 0.15) is 5.82 Å². The number of carbonyl (C=O) groups is 1. The first-order chi connectivity index (χ1) is 10.0. The van der Waals surface area contributed by atoms with Crippen LogP contribution in [0, 0.1) is 11.7 Å². The van der Waals surface area contributed by atoms with E-state index in [2.05, 4.69) is 12.2 Å². The second kappa shape index (κ2) is 6.78. The van der Waals surface area contributed by atoms with Crippen molar-refractivity contribution in [1.82, 2.24) is 0 Å². The monoisotopic (exact) mass is 294 g/mol. The van der Waals surface area contributed by atoms with Crippen LogP contribution < -0.4 is 11.1 Å². The molecule has 1 aromatic carbocycles. The molecule has 21 heavy (non-hydrogen) atoms. The van der Waals surface area contributed by atoms with Crippen LogP contribution in [0.4, 0.5) is 15.8 Å². The first-order valence-corrected chi connectivity index (χ1v) is 7.57. The Balaban J connectivity index is 2.17. The van der Waals surface area contributed by atoms with Crippen LogP contribution >= 0.6 is 0 Å². The lowest BCUT2D eigenvalue weighted by Gasteiger charge is -2.19. The Hall–Kier alpha value is -1.78. The first kappa shape index (κ1) is 15.6. The molecule has 0 aliphatic heterocycles. The van der Waals surface area contributed by atoms with Gasteiger partial charge in [0.05, 0.1) is 17.9 Å². The minimum absolute atomic E-state index is 0.103. The Morgan fingerprint density at radius 1 is 1.48 bits per heavy atom. The fraction of sp³-hybridized carbons (Fsp3) is 0.562. The van der Waals surface area contributed by atoms with Crippen LogP contribution in [0.5, 0.6) is 0 Å². The summed E-state index contributed by atoms with van der Waals surface area (Å²) in [5.41, 5.74) is 6.34. The molecule has 1 fully saturated rings. The van der Waals surface area contributed by atoms with Gasteiger partial charge in [0.25, 0.3) is 0 Å². The van der Waals surface area contributed by atoms with Gasteiger partial charge in [-0.05, 0) is 37.8 Å². The molecule has 5 heteroatoms. The largest absolute Gasteiger partial charge is 0.462 e. The Labute approximate surface area is 124 Å². The van der Waals surface area contributed by atoms with E-state index < -0.39 is 11.8 Å². The number of hydrogen-bond donors (Lipinski definition) is 2. The van der Waals surface area contributed by atoms with Gasteiger partial charge in [-0.1, -0.05) is 19.8 Å². The molecule has 0 heterocycles. The Morgan fingerprint density at radius 2 is 2.19 bits per heavy atom. The number of carbonyl (C=O) groups excluding carboxylic acids is 1. The van der Waals surface area contributed by atoms with E-state index in [9.17, 15) is 9.18 Å². The number of anilines is 2. The number of esters is 1. The quantitative estimate of drug-likeness (QED) is 0.596. The molecule has 1 saturated carbocycles. The summed E-state index contributed by atoms with van der Waals surface area (Å²) in [6.45, 7) is 4.05. The van der Waals surface area contributed by atoms with Crippen molar-refractivity contribution < 1.29 is 13.9 Å². The topological polar surface area (TPSA) is 64.3 Å². The van der Waals surface area contributed by atoms with Crippen LogP contribution in [0.1, 0.15) is 49.9 Å². The molecule has 0 spiro atoms. The van der Waals surface area contributed by atoms with Crippen LogP contribution in [0.2, 0.25) is 0 Å². The van der Waals surface area contributed by atoms with Crippen LogP contribution in [-0.2, 0) is 4.74 Å². The summed E-state index contributed by atoms with van der Waals surface area (Å²) in [4.78, 5) is 11.8. The molecule has 3 N–H and O–H groups in total. The molecule has 0 saturated heterocycles. The maximum atomic E-state index is 14.0. The standard InChI is InChI=1S/C16H23FN2O2/c1-3-11(7-10-5-6-10)19-15-8-12(16(20)21-4-2)14(18)9-13(15)17/h8-11,19H,3-7,18H2,1-2H3. The predicted octanol–water partition coefficient (Wildman–Crippen LogP) is 3.58. The van der Waals surface area contributed by atoms with Crippen molar-refractivity contribution in [1.29, 1.82) is 0 Å². The van der Waals surface area contributed by atoms with Gasteiger partial charge in [-0.25, -0.2) is 9.18 Å². The van der Waals surface area contributed by atoms with E-state index in [1.165, 1.54) is 25.0 Å². The second-order valence-electron chi connectivity index (χ2n) is 5.57. The zero-order valence-electron chi connectivity index (χ0n) is 12.6. The predicted molar refractivity (Wildman–Crippen MR) is 81.8 cm³/mol. The number of rotatable bonds is 7. The van der Waals surface area contributed by atoms with Gasteiger partial charge in [-0.3, -0.25) is 0 Å². The average Bonchev–Trinajstić information content (AvgIpc) is 3.24. The van der Waals surface area contributed by atoms with Crippen LogP contribution in [0.15, 0.2) is 12.1 Å². The molecule has 0 aromatic heterocycles. The summed E-state index contributed by atoms with van der Waals surface area (Å²) in [6, 6.07) is 2.85. The molecule has 0 radical (unpaired) electrons. The van der Waals surface area contributed by atoms with E-state index >= 15 is 0 Å². The average molecular weight is 294 g/mol. The van der Waals surface area contributed by atoms with E-state index in [-0.39, 0.29) is 23.9 Å². The van der Waals surface area contributed by atoms with Gasteiger partial charge in [0.15, 0.2) is 0 Å². The molecule has 1 aromatic rings. The van der Waals surface area contributed by atoms with Crippen molar-refractivity contribution in [3.63, 3.8) is 0 Å². The summed E-state index contributed by atoms with van der Waals surface area (Å²) < 4.78 is 19.0. The molecule has 116 valence electrons. The highest BCUT2D eigenvalue weighted by atomic mass is 19.1. The third-order valence-electron chi connectivity index (χ3n) is 3.80. The first-order valence-electron chi connectivity index (χ1n) is 7.57. The van der Waals surface area contributed by atoms with Gasteiger partial charge in [0, 0.05) is 11.7 Å². The number of nitrogens with two attached hydrogens (primary N) is 1. The molecule has 1 atom stereocenters. The molecule has 4 nitrogen and oxygen atoms in total. The molecule has 1 unspecified atom stereocenters. The van der Waals surface area contributed by atoms with E-state index in [0.29, 0.717) is 5.69 Å². The lowest BCUT2D eigenvalue weighted by Crippen LogP contribution is -2.20. The lowest BCUT2D eigenvalue weighted by molar-refractivity contribution is 0.0527. The van der Waals surface area contributed by atoms with E-state index in [1.807, 2.05) is 0 Å². The highest BCUT2D eigenvalue weighted by Gasteiger charge is 2.25. The minimum Gasteiger partial charge on any atom is -0.462 e. The molecular weight excluding hydrogens is 271 g/mol. The van der Waals surface area contributed by atoms with Crippen LogP contribution in [-0.4, -0.2) is 18.6 Å². The third-order valence-corrected chi connectivity index (χ3v) is 3.80. The van der Waals surface area contributed by atoms with E-state index in [4.69, 9.17) is 10.5 Å². The van der Waals surface area contributed by atoms with Gasteiger partial charge in [0.2, 0.25) is 0 Å². The molecule has 1 aliphatic rings.